The lowest BCUT2D eigenvalue weighted by Gasteiger charge is -2.21. The van der Waals surface area contributed by atoms with Crippen molar-refractivity contribution in [1.82, 2.24) is 9.80 Å². The zero-order valence-electron chi connectivity index (χ0n) is 10.3. The Balaban J connectivity index is 2.14. The quantitative estimate of drug-likeness (QED) is 0.722. The van der Waals surface area contributed by atoms with E-state index in [9.17, 15) is 0 Å². The molecule has 1 atom stereocenters. The Hall–Kier alpha value is 0.270. The van der Waals surface area contributed by atoms with E-state index >= 15 is 0 Å². The molecule has 1 saturated heterocycles. The number of thiol groups is 1. The summed E-state index contributed by atoms with van der Waals surface area (Å²) < 4.78 is 0. The smallest absolute Gasteiger partial charge is 0.0109 e. The van der Waals surface area contributed by atoms with Crippen LogP contribution in [0.3, 0.4) is 0 Å². The van der Waals surface area contributed by atoms with Crippen LogP contribution in [0.1, 0.15) is 26.2 Å². The van der Waals surface area contributed by atoms with E-state index in [4.69, 9.17) is 0 Å². The van der Waals surface area contributed by atoms with E-state index in [0.717, 1.165) is 11.7 Å². The van der Waals surface area contributed by atoms with Gasteiger partial charge in [0, 0.05) is 13.1 Å². The summed E-state index contributed by atoms with van der Waals surface area (Å²) in [7, 11) is 2.23. The van der Waals surface area contributed by atoms with Gasteiger partial charge in [-0.25, -0.2) is 0 Å². The predicted octanol–water partition coefficient (Wildman–Crippen LogP) is 1.97. The second-order valence-corrected chi connectivity index (χ2v) is 5.35. The summed E-state index contributed by atoms with van der Waals surface area (Å²) >= 11 is 4.29. The summed E-state index contributed by atoms with van der Waals surface area (Å²) in [6.45, 7) is 8.68. The molecule has 0 bridgehead atoms. The molecule has 0 radical (unpaired) electrons. The Morgan fingerprint density at radius 3 is 2.67 bits per heavy atom. The molecule has 0 amide bonds. The normalized spacial score (nSPS) is 22.6. The largest absolute Gasteiger partial charge is 0.305 e. The third-order valence-electron chi connectivity index (χ3n) is 3.37. The second-order valence-electron chi connectivity index (χ2n) is 4.90. The number of hydrogen-bond acceptors (Lipinski definition) is 3. The van der Waals surface area contributed by atoms with Crippen LogP contribution in [0.15, 0.2) is 0 Å². The van der Waals surface area contributed by atoms with Gasteiger partial charge in [0.05, 0.1) is 0 Å². The molecule has 2 nitrogen and oxygen atoms in total. The molecular weight excluding hydrogens is 204 g/mol. The molecule has 1 rings (SSSR count). The van der Waals surface area contributed by atoms with Gasteiger partial charge in [0.2, 0.25) is 0 Å². The Labute approximate surface area is 100 Å². The fourth-order valence-corrected chi connectivity index (χ4v) is 2.53. The lowest BCUT2D eigenvalue weighted by Crippen LogP contribution is -2.30. The van der Waals surface area contributed by atoms with Gasteiger partial charge in [-0.1, -0.05) is 6.92 Å². The fraction of sp³-hybridized carbons (Fsp3) is 1.00. The average molecular weight is 230 g/mol. The first-order valence-corrected chi connectivity index (χ1v) is 6.87. The SMILES string of the molecule is CC(CCS)CCN1CCCN(C)CC1. The maximum absolute atomic E-state index is 4.29. The molecule has 1 heterocycles. The van der Waals surface area contributed by atoms with E-state index in [1.54, 1.807) is 0 Å². The third kappa shape index (κ3) is 5.79. The van der Waals surface area contributed by atoms with E-state index in [-0.39, 0.29) is 0 Å². The standard InChI is InChI=1S/C12H26N2S/c1-12(5-11-15)4-8-14-7-3-6-13(2)9-10-14/h12,15H,3-11H2,1-2H3. The van der Waals surface area contributed by atoms with Gasteiger partial charge in [-0.15, -0.1) is 0 Å². The third-order valence-corrected chi connectivity index (χ3v) is 3.63. The van der Waals surface area contributed by atoms with Crippen LogP contribution in [0.25, 0.3) is 0 Å². The van der Waals surface area contributed by atoms with Crippen molar-refractivity contribution in [2.75, 3.05) is 45.5 Å². The zero-order valence-corrected chi connectivity index (χ0v) is 11.2. The van der Waals surface area contributed by atoms with Crippen LogP contribution in [0.2, 0.25) is 0 Å². The van der Waals surface area contributed by atoms with E-state index in [1.165, 1.54) is 52.0 Å². The van der Waals surface area contributed by atoms with Crippen molar-refractivity contribution < 1.29 is 0 Å². The summed E-state index contributed by atoms with van der Waals surface area (Å²) in [6, 6.07) is 0. The molecule has 0 N–H and O–H groups in total. The zero-order chi connectivity index (χ0) is 11.1. The van der Waals surface area contributed by atoms with Gasteiger partial charge in [-0.05, 0) is 57.6 Å². The van der Waals surface area contributed by atoms with Crippen molar-refractivity contribution in [2.24, 2.45) is 5.92 Å². The highest BCUT2D eigenvalue weighted by molar-refractivity contribution is 7.80. The van der Waals surface area contributed by atoms with Gasteiger partial charge >= 0.3 is 0 Å². The minimum Gasteiger partial charge on any atom is -0.305 e. The Bertz CT molecular complexity index is 164. The molecule has 0 aromatic heterocycles. The van der Waals surface area contributed by atoms with Gasteiger partial charge in [0.25, 0.3) is 0 Å². The summed E-state index contributed by atoms with van der Waals surface area (Å²) in [5.41, 5.74) is 0. The summed E-state index contributed by atoms with van der Waals surface area (Å²) in [4.78, 5) is 5.07. The minimum absolute atomic E-state index is 0.837. The van der Waals surface area contributed by atoms with Crippen molar-refractivity contribution in [1.29, 1.82) is 0 Å². The molecule has 90 valence electrons. The molecule has 15 heavy (non-hydrogen) atoms. The van der Waals surface area contributed by atoms with Gasteiger partial charge in [-0.3, -0.25) is 0 Å². The van der Waals surface area contributed by atoms with Crippen LogP contribution in [0.4, 0.5) is 0 Å². The fourth-order valence-electron chi connectivity index (χ4n) is 2.09. The number of hydrogen-bond donors (Lipinski definition) is 1. The average Bonchev–Trinajstić information content (AvgIpc) is 2.41. The highest BCUT2D eigenvalue weighted by Gasteiger charge is 2.12. The minimum atomic E-state index is 0.837. The Morgan fingerprint density at radius 1 is 1.13 bits per heavy atom. The Morgan fingerprint density at radius 2 is 1.93 bits per heavy atom. The van der Waals surface area contributed by atoms with Crippen LogP contribution in [0, 0.1) is 5.92 Å². The summed E-state index contributed by atoms with van der Waals surface area (Å²) in [6.07, 6.45) is 3.93. The molecule has 3 heteroatoms. The van der Waals surface area contributed by atoms with E-state index in [0.29, 0.717) is 0 Å². The Kier molecular flexibility index (Phi) is 6.69. The van der Waals surface area contributed by atoms with Gasteiger partial charge in [0.1, 0.15) is 0 Å². The van der Waals surface area contributed by atoms with E-state index in [2.05, 4.69) is 36.4 Å². The maximum atomic E-state index is 4.29. The van der Waals surface area contributed by atoms with Crippen LogP contribution in [-0.2, 0) is 0 Å². The van der Waals surface area contributed by atoms with Crippen molar-refractivity contribution in [3.63, 3.8) is 0 Å². The molecule has 0 aromatic carbocycles. The van der Waals surface area contributed by atoms with Crippen LogP contribution in [0.5, 0.6) is 0 Å². The molecule has 0 aliphatic carbocycles. The number of nitrogens with zero attached hydrogens (tertiary/aromatic N) is 2. The van der Waals surface area contributed by atoms with Crippen molar-refractivity contribution >= 4 is 12.6 Å². The molecule has 1 unspecified atom stereocenters. The highest BCUT2D eigenvalue weighted by atomic mass is 32.1. The van der Waals surface area contributed by atoms with Gasteiger partial charge in [0.15, 0.2) is 0 Å². The molecule has 1 fully saturated rings. The molecule has 1 aliphatic heterocycles. The first kappa shape index (κ1) is 13.3. The van der Waals surface area contributed by atoms with Crippen LogP contribution in [-0.4, -0.2) is 55.3 Å². The van der Waals surface area contributed by atoms with Crippen molar-refractivity contribution in [2.45, 2.75) is 26.2 Å². The molecule has 1 aliphatic rings. The number of rotatable bonds is 5. The highest BCUT2D eigenvalue weighted by Crippen LogP contribution is 2.10. The molecule has 0 aromatic rings. The molecular formula is C12H26N2S. The van der Waals surface area contributed by atoms with E-state index in [1.807, 2.05) is 0 Å². The monoisotopic (exact) mass is 230 g/mol. The van der Waals surface area contributed by atoms with Crippen LogP contribution >= 0.6 is 12.6 Å². The maximum Gasteiger partial charge on any atom is 0.0109 e. The predicted molar refractivity (Wildman–Crippen MR) is 70.8 cm³/mol. The molecule has 0 spiro atoms. The molecule has 0 saturated carbocycles. The lowest BCUT2D eigenvalue weighted by atomic mass is 10.1. The van der Waals surface area contributed by atoms with E-state index < -0.39 is 0 Å². The van der Waals surface area contributed by atoms with Crippen molar-refractivity contribution in [3.8, 4) is 0 Å². The van der Waals surface area contributed by atoms with Gasteiger partial charge in [-0.2, -0.15) is 12.6 Å². The van der Waals surface area contributed by atoms with Gasteiger partial charge < -0.3 is 9.80 Å². The van der Waals surface area contributed by atoms with Crippen molar-refractivity contribution in [3.05, 3.63) is 0 Å². The first-order chi connectivity index (χ1) is 7.22. The summed E-state index contributed by atoms with van der Waals surface area (Å²) in [5.74, 6) is 1.87. The summed E-state index contributed by atoms with van der Waals surface area (Å²) in [5, 5.41) is 0. The topological polar surface area (TPSA) is 6.48 Å². The lowest BCUT2D eigenvalue weighted by molar-refractivity contribution is 0.257. The van der Waals surface area contributed by atoms with Crippen LogP contribution < -0.4 is 0 Å². The second kappa shape index (κ2) is 7.53. The number of likely N-dealkylation sites (N-methyl/N-ethyl adjacent to an activating group) is 1. The first-order valence-electron chi connectivity index (χ1n) is 6.24.